The average molecular weight is 428 g/mol. The fraction of sp³-hybridized carbons (Fsp3) is 0.625. The normalized spacial score (nSPS) is 21.9. The molecule has 1 aromatic carbocycles. The second kappa shape index (κ2) is 9.28. The Balaban J connectivity index is 1.53. The lowest BCUT2D eigenvalue weighted by Gasteiger charge is -2.45. The minimum Gasteiger partial charge on any atom is -0.466 e. The molecule has 3 aliphatic rings. The van der Waals surface area contributed by atoms with Gasteiger partial charge in [-0.15, -0.1) is 0 Å². The quantitative estimate of drug-likeness (QED) is 0.690. The molecule has 0 bridgehead atoms. The van der Waals surface area contributed by atoms with Gasteiger partial charge in [0, 0.05) is 31.7 Å². The van der Waals surface area contributed by atoms with Crippen LogP contribution in [0.2, 0.25) is 0 Å². The zero-order valence-corrected chi connectivity index (χ0v) is 18.6. The molecular weight excluding hydrogens is 394 g/mol. The van der Waals surface area contributed by atoms with Gasteiger partial charge in [-0.25, -0.2) is 0 Å². The van der Waals surface area contributed by atoms with Crippen molar-refractivity contribution in [3.8, 4) is 0 Å². The van der Waals surface area contributed by atoms with E-state index in [1.807, 2.05) is 28.9 Å². The summed E-state index contributed by atoms with van der Waals surface area (Å²) in [6, 6.07) is 5.50. The Morgan fingerprint density at radius 1 is 1.03 bits per heavy atom. The highest BCUT2D eigenvalue weighted by atomic mass is 16.5. The van der Waals surface area contributed by atoms with Gasteiger partial charge in [-0.05, 0) is 64.2 Å². The van der Waals surface area contributed by atoms with Gasteiger partial charge in [0.1, 0.15) is 6.17 Å². The summed E-state index contributed by atoms with van der Waals surface area (Å²) in [6.45, 7) is 7.00. The van der Waals surface area contributed by atoms with Gasteiger partial charge < -0.3 is 19.4 Å². The molecular formula is C24H33N3O4. The Morgan fingerprint density at radius 2 is 1.81 bits per heavy atom. The molecule has 4 rings (SSSR count). The van der Waals surface area contributed by atoms with E-state index in [-0.39, 0.29) is 29.9 Å². The Labute approximate surface area is 184 Å². The number of esters is 1. The number of amides is 2. The summed E-state index contributed by atoms with van der Waals surface area (Å²) < 4.78 is 5.13. The van der Waals surface area contributed by atoms with Crippen LogP contribution in [-0.4, -0.2) is 66.5 Å². The highest BCUT2D eigenvalue weighted by Gasteiger charge is 2.38. The maximum atomic E-state index is 13.2. The van der Waals surface area contributed by atoms with Crippen molar-refractivity contribution in [1.82, 2.24) is 9.80 Å². The Bertz CT molecular complexity index is 847. The van der Waals surface area contributed by atoms with Gasteiger partial charge in [0.25, 0.3) is 11.8 Å². The Kier molecular flexibility index (Phi) is 6.49. The largest absolute Gasteiger partial charge is 0.466 e. The topological polar surface area (TPSA) is 70.2 Å². The first-order valence-corrected chi connectivity index (χ1v) is 11.7. The number of benzene rings is 1. The molecule has 2 fully saturated rings. The van der Waals surface area contributed by atoms with Crippen molar-refractivity contribution in [3.63, 3.8) is 0 Å². The molecule has 2 amide bonds. The van der Waals surface area contributed by atoms with Gasteiger partial charge in [-0.1, -0.05) is 6.42 Å². The van der Waals surface area contributed by atoms with E-state index in [4.69, 9.17) is 4.74 Å². The number of nitrogens with zero attached hydrogens (tertiary/aromatic N) is 3. The van der Waals surface area contributed by atoms with Crippen LogP contribution in [0.5, 0.6) is 0 Å². The highest BCUT2D eigenvalue weighted by molar-refractivity contribution is 6.04. The number of fused-ring (bicyclic) bond motifs is 2. The molecule has 2 saturated heterocycles. The molecule has 1 aromatic rings. The standard InChI is InChI=1S/C24H33N3O4/c1-3-26-20-16-18(22(28)25-14-11-17(12-15-25)24(30)31-4-2)9-10-19(20)23(29)27-13-7-5-6-8-21(26)27/h9-10,16-17,21H,3-8,11-15H2,1-2H3. The van der Waals surface area contributed by atoms with Gasteiger partial charge in [0.15, 0.2) is 0 Å². The minimum absolute atomic E-state index is 0.0306. The second-order valence-corrected chi connectivity index (χ2v) is 8.66. The van der Waals surface area contributed by atoms with Crippen LogP contribution in [0.3, 0.4) is 0 Å². The van der Waals surface area contributed by atoms with Crippen LogP contribution in [0.25, 0.3) is 0 Å². The Hall–Kier alpha value is -2.57. The molecule has 0 spiro atoms. The molecule has 168 valence electrons. The van der Waals surface area contributed by atoms with E-state index < -0.39 is 0 Å². The summed E-state index contributed by atoms with van der Waals surface area (Å²) in [5.41, 5.74) is 2.18. The van der Waals surface area contributed by atoms with Crippen molar-refractivity contribution < 1.29 is 19.1 Å². The first kappa shape index (κ1) is 21.7. The fourth-order valence-electron chi connectivity index (χ4n) is 5.19. The number of hydrogen-bond donors (Lipinski definition) is 0. The lowest BCUT2D eigenvalue weighted by atomic mass is 9.96. The summed E-state index contributed by atoms with van der Waals surface area (Å²) in [6.07, 6.45) is 5.64. The molecule has 0 aliphatic carbocycles. The molecule has 1 atom stereocenters. The van der Waals surface area contributed by atoms with Gasteiger partial charge in [0.2, 0.25) is 0 Å². The van der Waals surface area contributed by atoms with Gasteiger partial charge in [-0.2, -0.15) is 0 Å². The number of piperidine rings is 1. The number of likely N-dealkylation sites (tertiary alicyclic amines) is 1. The van der Waals surface area contributed by atoms with Crippen LogP contribution in [0.4, 0.5) is 5.69 Å². The van der Waals surface area contributed by atoms with Crippen LogP contribution in [0.1, 0.15) is 73.1 Å². The summed E-state index contributed by atoms with van der Waals surface area (Å²) in [4.78, 5) is 44.5. The third-order valence-electron chi connectivity index (χ3n) is 6.87. The minimum atomic E-state index is -0.159. The molecule has 0 N–H and O–H groups in total. The van der Waals surface area contributed by atoms with Gasteiger partial charge in [-0.3, -0.25) is 14.4 Å². The van der Waals surface area contributed by atoms with Crippen molar-refractivity contribution in [1.29, 1.82) is 0 Å². The molecule has 31 heavy (non-hydrogen) atoms. The van der Waals surface area contributed by atoms with E-state index in [0.29, 0.717) is 43.7 Å². The lowest BCUT2D eigenvalue weighted by molar-refractivity contribution is -0.149. The predicted molar refractivity (Wildman–Crippen MR) is 118 cm³/mol. The first-order chi connectivity index (χ1) is 15.0. The van der Waals surface area contributed by atoms with Crippen LogP contribution in [0, 0.1) is 5.92 Å². The van der Waals surface area contributed by atoms with E-state index in [0.717, 1.165) is 44.5 Å². The number of anilines is 1. The zero-order valence-electron chi connectivity index (χ0n) is 18.6. The van der Waals surface area contributed by atoms with Gasteiger partial charge >= 0.3 is 5.97 Å². The lowest BCUT2D eigenvalue weighted by Crippen LogP contribution is -2.55. The molecule has 7 heteroatoms. The smallest absolute Gasteiger partial charge is 0.309 e. The Morgan fingerprint density at radius 3 is 2.52 bits per heavy atom. The molecule has 3 heterocycles. The summed E-state index contributed by atoms with van der Waals surface area (Å²) in [7, 11) is 0. The van der Waals surface area contributed by atoms with Crippen molar-refractivity contribution in [2.75, 3.05) is 37.7 Å². The number of carbonyl (C=O) groups excluding carboxylic acids is 3. The van der Waals surface area contributed by atoms with E-state index in [9.17, 15) is 14.4 Å². The van der Waals surface area contributed by atoms with Crippen molar-refractivity contribution in [2.24, 2.45) is 5.92 Å². The van der Waals surface area contributed by atoms with Crippen molar-refractivity contribution >= 4 is 23.5 Å². The first-order valence-electron chi connectivity index (χ1n) is 11.7. The third-order valence-corrected chi connectivity index (χ3v) is 6.87. The number of carbonyl (C=O) groups is 3. The SMILES string of the molecule is CCOC(=O)C1CCN(C(=O)c2ccc3c(c2)N(CC)C2CCCCCN2C3=O)CC1. The van der Waals surface area contributed by atoms with E-state index in [1.54, 1.807) is 6.07 Å². The molecule has 0 aromatic heterocycles. The number of ether oxygens (including phenoxy) is 1. The maximum absolute atomic E-state index is 13.2. The van der Waals surface area contributed by atoms with Crippen LogP contribution in [-0.2, 0) is 9.53 Å². The second-order valence-electron chi connectivity index (χ2n) is 8.66. The average Bonchev–Trinajstić information content (AvgIpc) is 3.05. The molecule has 1 unspecified atom stereocenters. The maximum Gasteiger partial charge on any atom is 0.309 e. The number of rotatable bonds is 4. The molecule has 3 aliphatic heterocycles. The number of hydrogen-bond acceptors (Lipinski definition) is 5. The van der Waals surface area contributed by atoms with Crippen LogP contribution in [0.15, 0.2) is 18.2 Å². The van der Waals surface area contributed by atoms with Crippen molar-refractivity contribution in [2.45, 2.75) is 58.5 Å². The molecule has 0 radical (unpaired) electrons. The fourth-order valence-corrected chi connectivity index (χ4v) is 5.19. The van der Waals surface area contributed by atoms with E-state index in [2.05, 4.69) is 11.8 Å². The summed E-state index contributed by atoms with van der Waals surface area (Å²) in [5, 5.41) is 0. The molecule has 7 nitrogen and oxygen atoms in total. The zero-order chi connectivity index (χ0) is 22.0. The van der Waals surface area contributed by atoms with Crippen LogP contribution < -0.4 is 4.90 Å². The third kappa shape index (κ3) is 4.14. The van der Waals surface area contributed by atoms with Crippen LogP contribution >= 0.6 is 0 Å². The predicted octanol–water partition coefficient (Wildman–Crippen LogP) is 3.28. The molecule has 0 saturated carbocycles. The van der Waals surface area contributed by atoms with Gasteiger partial charge in [0.05, 0.1) is 23.8 Å². The summed E-state index contributed by atoms with van der Waals surface area (Å²) in [5.74, 6) is -0.229. The van der Waals surface area contributed by atoms with Crippen molar-refractivity contribution in [3.05, 3.63) is 29.3 Å². The monoisotopic (exact) mass is 427 g/mol. The highest BCUT2D eigenvalue weighted by Crippen LogP contribution is 2.35. The van der Waals surface area contributed by atoms with E-state index in [1.165, 1.54) is 0 Å². The van der Waals surface area contributed by atoms with E-state index >= 15 is 0 Å². The summed E-state index contributed by atoms with van der Waals surface area (Å²) >= 11 is 0.